The molecule has 0 saturated carbocycles. The van der Waals surface area contributed by atoms with Gasteiger partial charge in [0.2, 0.25) is 5.91 Å². The van der Waals surface area contributed by atoms with Crippen LogP contribution in [-0.4, -0.2) is 43.3 Å². The average molecular weight is 284 g/mol. The maximum Gasteiger partial charge on any atom is 0.339 e. The summed E-state index contributed by atoms with van der Waals surface area (Å²) in [4.78, 5) is 22.5. The molecular formula is C13H20N2O5. The standard InChI is InChI=1S/C13H20N2O5/c1-8(12(16)14-4-5-19-3)15-7-10-6-11(13(17)18)9(2)20-10/h6,8,15H,4-5,7H2,1-3H3,(H,14,16)(H,17,18). The van der Waals surface area contributed by atoms with Crippen LogP contribution in [0.25, 0.3) is 0 Å². The van der Waals surface area contributed by atoms with Gasteiger partial charge in [-0.05, 0) is 19.9 Å². The van der Waals surface area contributed by atoms with Crippen LogP contribution in [0.3, 0.4) is 0 Å². The number of carboxylic acid groups (broad SMARTS) is 1. The number of hydrogen-bond donors (Lipinski definition) is 3. The Balaban J connectivity index is 2.44. The van der Waals surface area contributed by atoms with Gasteiger partial charge < -0.3 is 19.6 Å². The predicted octanol–water partition coefficient (Wildman–Crippen LogP) is 0.527. The Morgan fingerprint density at radius 2 is 2.20 bits per heavy atom. The number of amides is 1. The van der Waals surface area contributed by atoms with Crippen LogP contribution in [0.1, 0.15) is 28.8 Å². The molecular weight excluding hydrogens is 264 g/mol. The Morgan fingerprint density at radius 3 is 2.75 bits per heavy atom. The maximum atomic E-state index is 11.7. The van der Waals surface area contributed by atoms with Gasteiger partial charge in [-0.25, -0.2) is 4.79 Å². The van der Waals surface area contributed by atoms with Crippen molar-refractivity contribution in [2.75, 3.05) is 20.3 Å². The van der Waals surface area contributed by atoms with Crippen LogP contribution in [0.15, 0.2) is 10.5 Å². The molecule has 1 unspecified atom stereocenters. The van der Waals surface area contributed by atoms with Crippen molar-refractivity contribution in [3.8, 4) is 0 Å². The lowest BCUT2D eigenvalue weighted by molar-refractivity contribution is -0.123. The van der Waals surface area contributed by atoms with Crippen molar-refractivity contribution in [1.82, 2.24) is 10.6 Å². The van der Waals surface area contributed by atoms with Gasteiger partial charge in [0.25, 0.3) is 0 Å². The van der Waals surface area contributed by atoms with E-state index in [0.717, 1.165) is 0 Å². The second-order valence-electron chi connectivity index (χ2n) is 4.37. The zero-order valence-electron chi connectivity index (χ0n) is 11.9. The van der Waals surface area contributed by atoms with Gasteiger partial charge in [-0.1, -0.05) is 0 Å². The number of carbonyl (C=O) groups is 2. The highest BCUT2D eigenvalue weighted by Gasteiger charge is 2.16. The van der Waals surface area contributed by atoms with E-state index in [-0.39, 0.29) is 18.0 Å². The molecule has 112 valence electrons. The van der Waals surface area contributed by atoms with E-state index in [1.165, 1.54) is 6.07 Å². The molecule has 0 aromatic carbocycles. The first-order chi connectivity index (χ1) is 9.45. The fraction of sp³-hybridized carbons (Fsp3) is 0.538. The molecule has 0 fully saturated rings. The van der Waals surface area contributed by atoms with Gasteiger partial charge in [-0.15, -0.1) is 0 Å². The molecule has 0 bridgehead atoms. The molecule has 20 heavy (non-hydrogen) atoms. The van der Waals surface area contributed by atoms with Crippen molar-refractivity contribution < 1.29 is 23.8 Å². The number of nitrogens with one attached hydrogen (secondary N) is 2. The van der Waals surface area contributed by atoms with Gasteiger partial charge in [-0.2, -0.15) is 0 Å². The van der Waals surface area contributed by atoms with E-state index in [1.54, 1.807) is 21.0 Å². The lowest BCUT2D eigenvalue weighted by Crippen LogP contribution is -2.42. The zero-order valence-corrected chi connectivity index (χ0v) is 11.9. The Kier molecular flexibility index (Phi) is 6.20. The zero-order chi connectivity index (χ0) is 15.1. The number of carbonyl (C=O) groups excluding carboxylic acids is 1. The first kappa shape index (κ1) is 16.2. The molecule has 0 saturated heterocycles. The first-order valence-electron chi connectivity index (χ1n) is 6.28. The number of aromatic carboxylic acids is 1. The molecule has 1 aromatic rings. The Labute approximate surface area is 117 Å². The Bertz CT molecular complexity index is 469. The average Bonchev–Trinajstić information content (AvgIpc) is 2.77. The summed E-state index contributed by atoms with van der Waals surface area (Å²) in [6.07, 6.45) is 0. The molecule has 0 radical (unpaired) electrons. The molecule has 0 aliphatic rings. The van der Waals surface area contributed by atoms with Crippen molar-refractivity contribution in [3.63, 3.8) is 0 Å². The monoisotopic (exact) mass is 284 g/mol. The van der Waals surface area contributed by atoms with Gasteiger partial charge >= 0.3 is 5.97 Å². The normalized spacial score (nSPS) is 12.2. The van der Waals surface area contributed by atoms with E-state index in [1.807, 2.05) is 0 Å². The van der Waals surface area contributed by atoms with Crippen molar-refractivity contribution in [1.29, 1.82) is 0 Å². The minimum Gasteiger partial charge on any atom is -0.478 e. The number of rotatable bonds is 8. The van der Waals surface area contributed by atoms with Gasteiger partial charge in [0, 0.05) is 13.7 Å². The topological polar surface area (TPSA) is 101 Å². The molecule has 3 N–H and O–H groups in total. The number of methoxy groups -OCH3 is 1. The summed E-state index contributed by atoms with van der Waals surface area (Å²) >= 11 is 0. The highest BCUT2D eigenvalue weighted by atomic mass is 16.5. The number of furan rings is 1. The van der Waals surface area contributed by atoms with Gasteiger partial charge in [-0.3, -0.25) is 10.1 Å². The molecule has 1 heterocycles. The molecule has 0 spiro atoms. The summed E-state index contributed by atoms with van der Waals surface area (Å²) in [6.45, 7) is 4.50. The molecule has 7 nitrogen and oxygen atoms in total. The lowest BCUT2D eigenvalue weighted by Gasteiger charge is -2.12. The van der Waals surface area contributed by atoms with Crippen LogP contribution >= 0.6 is 0 Å². The second-order valence-corrected chi connectivity index (χ2v) is 4.37. The van der Waals surface area contributed by atoms with E-state index in [2.05, 4.69) is 10.6 Å². The molecule has 0 aliphatic carbocycles. The van der Waals surface area contributed by atoms with Crippen LogP contribution < -0.4 is 10.6 Å². The summed E-state index contributed by atoms with van der Waals surface area (Å²) < 4.78 is 10.1. The van der Waals surface area contributed by atoms with Crippen LogP contribution in [0.4, 0.5) is 0 Å². The third-order valence-electron chi connectivity index (χ3n) is 2.78. The SMILES string of the molecule is COCCNC(=O)C(C)NCc1cc(C(=O)O)c(C)o1. The summed E-state index contributed by atoms with van der Waals surface area (Å²) in [6, 6.07) is 1.05. The second kappa shape index (κ2) is 7.66. The quantitative estimate of drug-likeness (QED) is 0.602. The smallest absolute Gasteiger partial charge is 0.339 e. The summed E-state index contributed by atoms with van der Waals surface area (Å²) in [5.41, 5.74) is 0.138. The third-order valence-corrected chi connectivity index (χ3v) is 2.78. The van der Waals surface area contributed by atoms with E-state index in [9.17, 15) is 9.59 Å². The van der Waals surface area contributed by atoms with Gasteiger partial charge in [0.15, 0.2) is 0 Å². The molecule has 7 heteroatoms. The van der Waals surface area contributed by atoms with Crippen LogP contribution in [0.2, 0.25) is 0 Å². The Morgan fingerprint density at radius 1 is 1.50 bits per heavy atom. The fourth-order valence-electron chi connectivity index (χ4n) is 1.62. The highest BCUT2D eigenvalue weighted by molar-refractivity contribution is 5.88. The minimum atomic E-state index is -1.03. The number of carboxylic acids is 1. The fourth-order valence-corrected chi connectivity index (χ4v) is 1.62. The molecule has 1 rings (SSSR count). The predicted molar refractivity (Wildman–Crippen MR) is 71.6 cm³/mol. The molecule has 1 amide bonds. The van der Waals surface area contributed by atoms with Crippen LogP contribution in [0.5, 0.6) is 0 Å². The van der Waals surface area contributed by atoms with Crippen molar-refractivity contribution >= 4 is 11.9 Å². The Hall–Kier alpha value is -1.86. The number of aryl methyl sites for hydroxylation is 1. The molecule has 1 atom stereocenters. The summed E-state index contributed by atoms with van der Waals surface area (Å²) in [5.74, 6) is -0.338. The third kappa shape index (κ3) is 4.67. The van der Waals surface area contributed by atoms with Crippen LogP contribution in [-0.2, 0) is 16.1 Å². The first-order valence-corrected chi connectivity index (χ1v) is 6.28. The van der Waals surface area contributed by atoms with Crippen molar-refractivity contribution in [2.24, 2.45) is 0 Å². The van der Waals surface area contributed by atoms with E-state index in [0.29, 0.717) is 24.7 Å². The lowest BCUT2D eigenvalue weighted by atomic mass is 10.2. The van der Waals surface area contributed by atoms with E-state index < -0.39 is 12.0 Å². The van der Waals surface area contributed by atoms with Crippen molar-refractivity contribution in [2.45, 2.75) is 26.4 Å². The highest BCUT2D eigenvalue weighted by Crippen LogP contribution is 2.14. The van der Waals surface area contributed by atoms with E-state index in [4.69, 9.17) is 14.3 Å². The number of hydrogen-bond acceptors (Lipinski definition) is 5. The summed E-state index contributed by atoms with van der Waals surface area (Å²) in [5, 5.41) is 14.6. The van der Waals surface area contributed by atoms with Gasteiger partial charge in [0.1, 0.15) is 17.1 Å². The van der Waals surface area contributed by atoms with Gasteiger partial charge in [0.05, 0.1) is 19.2 Å². The summed E-state index contributed by atoms with van der Waals surface area (Å²) in [7, 11) is 1.56. The molecule has 0 aliphatic heterocycles. The maximum absolute atomic E-state index is 11.7. The minimum absolute atomic E-state index is 0.138. The van der Waals surface area contributed by atoms with Crippen LogP contribution in [0, 0.1) is 6.92 Å². The molecule has 1 aromatic heterocycles. The van der Waals surface area contributed by atoms with Crippen molar-refractivity contribution in [3.05, 3.63) is 23.2 Å². The largest absolute Gasteiger partial charge is 0.478 e. The van der Waals surface area contributed by atoms with E-state index >= 15 is 0 Å². The number of ether oxygens (including phenoxy) is 1.